The highest BCUT2D eigenvalue weighted by Gasteiger charge is 2.49. The van der Waals surface area contributed by atoms with Crippen LogP contribution in [0.3, 0.4) is 0 Å². The van der Waals surface area contributed by atoms with Crippen molar-refractivity contribution >= 4 is 16.7 Å². The highest BCUT2D eigenvalue weighted by Crippen LogP contribution is 2.44. The first-order valence-electron chi connectivity index (χ1n) is 8.89. The lowest BCUT2D eigenvalue weighted by atomic mass is 9.81. The summed E-state index contributed by atoms with van der Waals surface area (Å²) in [5.74, 6) is 1.08. The van der Waals surface area contributed by atoms with Crippen LogP contribution in [-0.4, -0.2) is 47.6 Å². The van der Waals surface area contributed by atoms with Crippen LogP contribution in [0.5, 0.6) is 5.75 Å². The predicted octanol–water partition coefficient (Wildman–Crippen LogP) is 2.76. The second-order valence-corrected chi connectivity index (χ2v) is 7.45. The van der Waals surface area contributed by atoms with E-state index in [0.29, 0.717) is 13.0 Å². The van der Waals surface area contributed by atoms with Gasteiger partial charge in [-0.3, -0.25) is 9.69 Å². The minimum atomic E-state index is -0.364. The molecule has 1 N–H and O–H groups in total. The first-order chi connectivity index (χ1) is 12.1. The van der Waals surface area contributed by atoms with Gasteiger partial charge in [0.15, 0.2) is 5.78 Å². The molecule has 1 aromatic heterocycles. The molecule has 1 aliphatic carbocycles. The van der Waals surface area contributed by atoms with Gasteiger partial charge in [0.1, 0.15) is 5.75 Å². The largest absolute Gasteiger partial charge is 0.497 e. The van der Waals surface area contributed by atoms with Gasteiger partial charge in [0.25, 0.3) is 0 Å². The zero-order chi connectivity index (χ0) is 17.2. The van der Waals surface area contributed by atoms with Gasteiger partial charge in [-0.15, -0.1) is 0 Å². The van der Waals surface area contributed by atoms with Gasteiger partial charge in [0.05, 0.1) is 25.4 Å². The number of nitrogens with one attached hydrogen (secondary N) is 1. The molecule has 0 radical (unpaired) electrons. The maximum Gasteiger partial charge on any atom is 0.157 e. The summed E-state index contributed by atoms with van der Waals surface area (Å²) in [6, 6.07) is 6.47. The summed E-state index contributed by atoms with van der Waals surface area (Å²) in [5, 5.41) is 1.24. The number of ketones is 1. The van der Waals surface area contributed by atoms with Gasteiger partial charge < -0.3 is 14.5 Å². The van der Waals surface area contributed by atoms with Crippen LogP contribution in [0.2, 0.25) is 0 Å². The van der Waals surface area contributed by atoms with Crippen LogP contribution in [0, 0.1) is 0 Å². The summed E-state index contributed by atoms with van der Waals surface area (Å²) >= 11 is 0. The first kappa shape index (κ1) is 15.2. The molecule has 0 unspecified atom stereocenters. The standard InChI is InChI=1S/C20H22N2O3/c1-20-7-5-12(23)9-18(20)22-8-6-14-15-10-13(24-2)3-4-16(15)21-19(14)17(22)11-25-20/h3-5,7,10,17-18,21H,6,8-9,11H2,1-2H3/t17-,18+,20-/m0/s1. The van der Waals surface area contributed by atoms with Crippen LogP contribution in [-0.2, 0) is 16.0 Å². The Labute approximate surface area is 146 Å². The fraction of sp³-hybridized carbons (Fsp3) is 0.450. The number of aromatic nitrogens is 1. The Morgan fingerprint density at radius 3 is 3.12 bits per heavy atom. The maximum atomic E-state index is 12.0. The van der Waals surface area contributed by atoms with Gasteiger partial charge >= 0.3 is 0 Å². The predicted molar refractivity (Wildman–Crippen MR) is 94.9 cm³/mol. The SMILES string of the molecule is COc1ccc2[nH]c3c(c2c1)CCN1[C@H]3CO[C@@]2(C)C=CC(=O)C[C@@H]12. The molecule has 5 nitrogen and oxygen atoms in total. The van der Waals surface area contributed by atoms with E-state index in [0.717, 1.165) is 24.2 Å². The number of ether oxygens (including phenoxy) is 2. The molecule has 1 saturated heterocycles. The Hall–Kier alpha value is -2.11. The molecule has 0 bridgehead atoms. The summed E-state index contributed by atoms with van der Waals surface area (Å²) in [7, 11) is 1.70. The molecule has 3 aliphatic rings. The minimum absolute atomic E-state index is 0.109. The molecule has 130 valence electrons. The minimum Gasteiger partial charge on any atom is -0.497 e. The molecular weight excluding hydrogens is 316 g/mol. The number of methoxy groups -OCH3 is 1. The fourth-order valence-corrected chi connectivity index (χ4v) is 4.72. The van der Waals surface area contributed by atoms with Crippen molar-refractivity contribution in [2.24, 2.45) is 0 Å². The van der Waals surface area contributed by atoms with Crippen molar-refractivity contribution in [3.8, 4) is 5.75 Å². The van der Waals surface area contributed by atoms with Crippen LogP contribution in [0.15, 0.2) is 30.4 Å². The van der Waals surface area contributed by atoms with Crippen molar-refractivity contribution in [1.29, 1.82) is 0 Å². The van der Waals surface area contributed by atoms with Crippen molar-refractivity contribution in [3.63, 3.8) is 0 Å². The molecule has 0 spiro atoms. The molecule has 25 heavy (non-hydrogen) atoms. The quantitative estimate of drug-likeness (QED) is 0.869. The summed E-state index contributed by atoms with van der Waals surface area (Å²) in [6.45, 7) is 3.69. The average Bonchev–Trinajstić information content (AvgIpc) is 3.00. The molecule has 2 aliphatic heterocycles. The van der Waals surface area contributed by atoms with Crippen LogP contribution in [0.4, 0.5) is 0 Å². The van der Waals surface area contributed by atoms with Gasteiger partial charge in [-0.05, 0) is 49.3 Å². The number of carbonyl (C=O) groups excluding carboxylic acids is 1. The number of carbonyl (C=O) groups is 1. The van der Waals surface area contributed by atoms with Crippen molar-refractivity contribution in [1.82, 2.24) is 9.88 Å². The zero-order valence-corrected chi connectivity index (χ0v) is 14.5. The third-order valence-corrected chi connectivity index (χ3v) is 6.11. The Morgan fingerprint density at radius 1 is 1.40 bits per heavy atom. The van der Waals surface area contributed by atoms with E-state index in [4.69, 9.17) is 9.47 Å². The lowest BCUT2D eigenvalue weighted by Crippen LogP contribution is -2.61. The van der Waals surface area contributed by atoms with Crippen molar-refractivity contribution < 1.29 is 14.3 Å². The van der Waals surface area contributed by atoms with E-state index in [1.165, 1.54) is 16.6 Å². The fourth-order valence-electron chi connectivity index (χ4n) is 4.72. The molecule has 1 fully saturated rings. The summed E-state index contributed by atoms with van der Waals surface area (Å²) < 4.78 is 11.7. The van der Waals surface area contributed by atoms with Crippen molar-refractivity contribution in [2.75, 3.05) is 20.3 Å². The van der Waals surface area contributed by atoms with Gasteiger partial charge in [0.2, 0.25) is 0 Å². The van der Waals surface area contributed by atoms with E-state index in [1.54, 1.807) is 13.2 Å². The zero-order valence-electron chi connectivity index (χ0n) is 14.5. The number of hydrogen-bond donors (Lipinski definition) is 1. The average molecular weight is 338 g/mol. The van der Waals surface area contributed by atoms with Crippen molar-refractivity contribution in [2.45, 2.75) is 37.5 Å². The number of morpholine rings is 1. The van der Waals surface area contributed by atoms with Crippen LogP contribution in [0.1, 0.15) is 30.6 Å². The van der Waals surface area contributed by atoms with Crippen LogP contribution in [0.25, 0.3) is 10.9 Å². The number of H-pyrrole nitrogens is 1. The molecular formula is C20H22N2O3. The number of fused-ring (bicyclic) bond motifs is 7. The lowest BCUT2D eigenvalue weighted by molar-refractivity contribution is -0.154. The number of allylic oxidation sites excluding steroid dienone is 1. The van der Waals surface area contributed by atoms with Crippen molar-refractivity contribution in [3.05, 3.63) is 41.6 Å². The number of rotatable bonds is 1. The number of nitrogens with zero attached hydrogens (tertiary/aromatic N) is 1. The smallest absolute Gasteiger partial charge is 0.157 e. The number of benzene rings is 1. The number of hydrogen-bond acceptors (Lipinski definition) is 4. The first-order valence-corrected chi connectivity index (χ1v) is 8.89. The van der Waals surface area contributed by atoms with E-state index in [-0.39, 0.29) is 23.5 Å². The molecule has 1 aromatic carbocycles. The lowest BCUT2D eigenvalue weighted by Gasteiger charge is -2.53. The highest BCUT2D eigenvalue weighted by atomic mass is 16.5. The summed E-state index contributed by atoms with van der Waals surface area (Å²) in [4.78, 5) is 18.1. The molecule has 3 heterocycles. The summed E-state index contributed by atoms with van der Waals surface area (Å²) in [5.41, 5.74) is 3.37. The van der Waals surface area contributed by atoms with E-state index < -0.39 is 0 Å². The Morgan fingerprint density at radius 2 is 2.28 bits per heavy atom. The summed E-state index contributed by atoms with van der Waals surface area (Å²) in [6.07, 6.45) is 5.14. The van der Waals surface area contributed by atoms with E-state index in [2.05, 4.69) is 28.9 Å². The Bertz CT molecular complexity index is 900. The van der Waals surface area contributed by atoms with E-state index in [1.807, 2.05) is 12.1 Å². The monoisotopic (exact) mass is 338 g/mol. The second-order valence-electron chi connectivity index (χ2n) is 7.45. The topological polar surface area (TPSA) is 54.6 Å². The van der Waals surface area contributed by atoms with E-state index in [9.17, 15) is 4.79 Å². The van der Waals surface area contributed by atoms with Gasteiger partial charge in [-0.2, -0.15) is 0 Å². The molecule has 0 amide bonds. The van der Waals surface area contributed by atoms with Gasteiger partial charge in [-0.25, -0.2) is 0 Å². The highest BCUT2D eigenvalue weighted by molar-refractivity contribution is 5.91. The molecule has 5 heteroatoms. The molecule has 0 saturated carbocycles. The van der Waals surface area contributed by atoms with Gasteiger partial charge in [-0.1, -0.05) is 0 Å². The maximum absolute atomic E-state index is 12.0. The Balaban J connectivity index is 1.58. The second kappa shape index (κ2) is 5.19. The van der Waals surface area contributed by atoms with Crippen LogP contribution >= 0.6 is 0 Å². The molecule has 2 aromatic rings. The van der Waals surface area contributed by atoms with Crippen LogP contribution < -0.4 is 4.74 Å². The third-order valence-electron chi connectivity index (χ3n) is 6.11. The molecule has 5 rings (SSSR count). The third kappa shape index (κ3) is 2.12. The normalized spacial score (nSPS) is 31.5. The van der Waals surface area contributed by atoms with E-state index >= 15 is 0 Å². The van der Waals surface area contributed by atoms with Gasteiger partial charge in [0, 0.05) is 35.6 Å². The molecule has 3 atom stereocenters. The Kier molecular flexibility index (Phi) is 3.15. The number of aromatic amines is 1.